The lowest BCUT2D eigenvalue weighted by atomic mass is 10.2. The Bertz CT molecular complexity index is 1250. The molecule has 0 unspecified atom stereocenters. The SMILES string of the molecule is COc1ccc2sc(N(CCCN3CCOCC3)C(=O)CCS(=O)(=O)c3ccc(C)cc3)nc2c1. The van der Waals surface area contributed by atoms with Crippen molar-refractivity contribution in [3.8, 4) is 5.75 Å². The van der Waals surface area contributed by atoms with Crippen molar-refractivity contribution in [2.24, 2.45) is 0 Å². The van der Waals surface area contributed by atoms with Gasteiger partial charge in [0.25, 0.3) is 0 Å². The minimum absolute atomic E-state index is 0.104. The van der Waals surface area contributed by atoms with Gasteiger partial charge in [-0.25, -0.2) is 13.4 Å². The Morgan fingerprint density at radius 1 is 1.17 bits per heavy atom. The van der Waals surface area contributed by atoms with Gasteiger partial charge in [-0.3, -0.25) is 14.6 Å². The van der Waals surface area contributed by atoms with Crippen LogP contribution in [0.4, 0.5) is 5.13 Å². The molecule has 4 rings (SSSR count). The summed E-state index contributed by atoms with van der Waals surface area (Å²) >= 11 is 1.43. The normalized spacial score (nSPS) is 14.8. The van der Waals surface area contributed by atoms with Crippen LogP contribution >= 0.6 is 11.3 Å². The fraction of sp³-hybridized carbons (Fsp3) is 0.440. The minimum Gasteiger partial charge on any atom is -0.497 e. The predicted octanol–water partition coefficient (Wildman–Crippen LogP) is 3.53. The number of carbonyl (C=O) groups is 1. The Hall–Kier alpha value is -2.53. The molecule has 3 aromatic rings. The Kier molecular flexibility index (Phi) is 8.38. The van der Waals surface area contributed by atoms with E-state index < -0.39 is 9.84 Å². The maximum Gasteiger partial charge on any atom is 0.229 e. The molecular formula is C25H31N3O5S2. The molecule has 1 aliphatic heterocycles. The van der Waals surface area contributed by atoms with Crippen molar-refractivity contribution in [1.29, 1.82) is 0 Å². The van der Waals surface area contributed by atoms with Crippen LogP contribution in [-0.4, -0.2) is 76.5 Å². The van der Waals surface area contributed by atoms with Crippen LogP contribution in [0.2, 0.25) is 0 Å². The second-order valence-corrected chi connectivity index (χ2v) is 11.7. The van der Waals surface area contributed by atoms with Crippen molar-refractivity contribution in [1.82, 2.24) is 9.88 Å². The number of nitrogens with zero attached hydrogens (tertiary/aromatic N) is 3. The summed E-state index contributed by atoms with van der Waals surface area (Å²) in [4.78, 5) is 22.2. The fourth-order valence-electron chi connectivity index (χ4n) is 3.96. The Labute approximate surface area is 210 Å². The maximum absolute atomic E-state index is 13.3. The highest BCUT2D eigenvalue weighted by atomic mass is 32.2. The third kappa shape index (κ3) is 6.58. The molecule has 0 aliphatic carbocycles. The molecule has 2 heterocycles. The van der Waals surface area contributed by atoms with E-state index in [0.717, 1.165) is 55.0 Å². The monoisotopic (exact) mass is 517 g/mol. The van der Waals surface area contributed by atoms with Gasteiger partial charge in [-0.1, -0.05) is 29.0 Å². The van der Waals surface area contributed by atoms with Crippen molar-refractivity contribution in [2.75, 3.05) is 57.2 Å². The summed E-state index contributed by atoms with van der Waals surface area (Å²) in [6.45, 7) is 6.42. The van der Waals surface area contributed by atoms with Gasteiger partial charge in [0.15, 0.2) is 15.0 Å². The second-order valence-electron chi connectivity index (χ2n) is 8.56. The zero-order valence-corrected chi connectivity index (χ0v) is 21.7. The van der Waals surface area contributed by atoms with Crippen molar-refractivity contribution in [3.05, 3.63) is 48.0 Å². The number of rotatable bonds is 10. The topological polar surface area (TPSA) is 89.0 Å². The molecule has 1 fully saturated rings. The average Bonchev–Trinajstić information content (AvgIpc) is 3.29. The van der Waals surface area contributed by atoms with Gasteiger partial charge in [-0.05, 0) is 37.6 Å². The molecule has 1 amide bonds. The lowest BCUT2D eigenvalue weighted by molar-refractivity contribution is -0.118. The molecule has 8 nitrogen and oxygen atoms in total. The van der Waals surface area contributed by atoms with Crippen LogP contribution in [0.3, 0.4) is 0 Å². The smallest absolute Gasteiger partial charge is 0.229 e. The van der Waals surface area contributed by atoms with E-state index in [1.807, 2.05) is 25.1 Å². The quantitative estimate of drug-likeness (QED) is 0.406. The number of hydrogen-bond acceptors (Lipinski definition) is 8. The lowest BCUT2D eigenvalue weighted by Crippen LogP contribution is -2.39. The third-order valence-corrected chi connectivity index (χ3v) is 8.83. The van der Waals surface area contributed by atoms with Gasteiger partial charge in [0.05, 0.1) is 41.2 Å². The summed E-state index contributed by atoms with van der Waals surface area (Å²) in [6, 6.07) is 12.3. The molecule has 0 saturated carbocycles. The number of ether oxygens (including phenoxy) is 2. The zero-order valence-electron chi connectivity index (χ0n) is 20.1. The first kappa shape index (κ1) is 25.6. The summed E-state index contributed by atoms with van der Waals surface area (Å²) in [5.74, 6) is 0.213. The Morgan fingerprint density at radius 2 is 1.91 bits per heavy atom. The number of morpholine rings is 1. The van der Waals surface area contributed by atoms with E-state index in [-0.39, 0.29) is 23.0 Å². The number of thiazole rings is 1. The van der Waals surface area contributed by atoms with Gasteiger partial charge in [0.2, 0.25) is 5.91 Å². The summed E-state index contributed by atoms with van der Waals surface area (Å²) in [6.07, 6.45) is 0.655. The Balaban J connectivity index is 1.49. The van der Waals surface area contributed by atoms with Crippen LogP contribution in [0.5, 0.6) is 5.75 Å². The van der Waals surface area contributed by atoms with Gasteiger partial charge in [-0.15, -0.1) is 0 Å². The molecule has 1 aromatic heterocycles. The van der Waals surface area contributed by atoms with Gasteiger partial charge in [0, 0.05) is 38.7 Å². The third-order valence-electron chi connectivity index (χ3n) is 6.04. The molecule has 1 saturated heterocycles. The number of methoxy groups -OCH3 is 1. The highest BCUT2D eigenvalue weighted by Gasteiger charge is 2.24. The fourth-order valence-corrected chi connectivity index (χ4v) is 6.18. The van der Waals surface area contributed by atoms with Crippen molar-refractivity contribution >= 4 is 42.4 Å². The highest BCUT2D eigenvalue weighted by molar-refractivity contribution is 7.91. The Morgan fingerprint density at radius 3 is 2.63 bits per heavy atom. The second kappa shape index (κ2) is 11.5. The van der Waals surface area contributed by atoms with E-state index in [1.54, 1.807) is 36.3 Å². The minimum atomic E-state index is -3.56. The van der Waals surface area contributed by atoms with E-state index >= 15 is 0 Å². The van der Waals surface area contributed by atoms with Crippen molar-refractivity contribution < 1.29 is 22.7 Å². The lowest BCUT2D eigenvalue weighted by Gasteiger charge is -2.27. The number of anilines is 1. The van der Waals surface area contributed by atoms with Gasteiger partial charge < -0.3 is 9.47 Å². The number of hydrogen-bond donors (Lipinski definition) is 0. The van der Waals surface area contributed by atoms with Crippen LogP contribution in [-0.2, 0) is 19.4 Å². The van der Waals surface area contributed by atoms with Crippen molar-refractivity contribution in [3.63, 3.8) is 0 Å². The van der Waals surface area contributed by atoms with Gasteiger partial charge in [0.1, 0.15) is 5.75 Å². The zero-order chi connectivity index (χ0) is 24.8. The molecular weight excluding hydrogens is 486 g/mol. The summed E-state index contributed by atoms with van der Waals surface area (Å²) < 4.78 is 37.3. The van der Waals surface area contributed by atoms with Crippen LogP contribution in [0.15, 0.2) is 47.4 Å². The highest BCUT2D eigenvalue weighted by Crippen LogP contribution is 2.32. The van der Waals surface area contributed by atoms with Gasteiger partial charge >= 0.3 is 0 Å². The van der Waals surface area contributed by atoms with Crippen LogP contribution in [0.25, 0.3) is 10.2 Å². The molecule has 0 radical (unpaired) electrons. The van der Waals surface area contributed by atoms with Crippen LogP contribution in [0.1, 0.15) is 18.4 Å². The first-order valence-corrected chi connectivity index (χ1v) is 14.2. The number of aryl methyl sites for hydroxylation is 1. The number of amides is 1. The number of fused-ring (bicyclic) bond motifs is 1. The molecule has 0 atom stereocenters. The number of benzene rings is 2. The summed E-state index contributed by atoms with van der Waals surface area (Å²) in [5, 5.41) is 0.577. The molecule has 2 aromatic carbocycles. The number of sulfone groups is 1. The van der Waals surface area contributed by atoms with Crippen LogP contribution in [0, 0.1) is 6.92 Å². The average molecular weight is 518 g/mol. The van der Waals surface area contributed by atoms with E-state index in [2.05, 4.69) is 9.88 Å². The molecule has 0 spiro atoms. The number of carbonyl (C=O) groups excluding carboxylic acids is 1. The number of aromatic nitrogens is 1. The summed E-state index contributed by atoms with van der Waals surface area (Å²) in [5.41, 5.74) is 1.74. The first-order chi connectivity index (χ1) is 16.9. The molecule has 0 N–H and O–H groups in total. The molecule has 0 bridgehead atoms. The van der Waals surface area contributed by atoms with E-state index in [0.29, 0.717) is 17.4 Å². The molecule has 188 valence electrons. The largest absolute Gasteiger partial charge is 0.497 e. The van der Waals surface area contributed by atoms with E-state index in [1.165, 1.54) is 11.3 Å². The molecule has 1 aliphatic rings. The molecule has 35 heavy (non-hydrogen) atoms. The van der Waals surface area contributed by atoms with E-state index in [9.17, 15) is 13.2 Å². The van der Waals surface area contributed by atoms with Crippen molar-refractivity contribution in [2.45, 2.75) is 24.7 Å². The predicted molar refractivity (Wildman–Crippen MR) is 138 cm³/mol. The summed E-state index contributed by atoms with van der Waals surface area (Å²) in [7, 11) is -1.96. The first-order valence-electron chi connectivity index (χ1n) is 11.7. The standard InChI is InChI=1S/C25H31N3O5S2/c1-19-4-7-21(8-5-19)35(30,31)17-10-24(29)28(12-3-11-27-13-15-33-16-14-27)25-26-22-18-20(32-2)6-9-23(22)34-25/h4-9,18H,3,10-17H2,1-2H3. The molecule has 10 heteroatoms. The maximum atomic E-state index is 13.3. The van der Waals surface area contributed by atoms with Gasteiger partial charge in [-0.2, -0.15) is 0 Å². The van der Waals surface area contributed by atoms with Crippen LogP contribution < -0.4 is 9.64 Å². The van der Waals surface area contributed by atoms with E-state index in [4.69, 9.17) is 9.47 Å².